The summed E-state index contributed by atoms with van der Waals surface area (Å²) in [5.41, 5.74) is 3.84. The van der Waals surface area contributed by atoms with E-state index in [9.17, 15) is 9.18 Å². The van der Waals surface area contributed by atoms with Crippen molar-refractivity contribution in [3.8, 4) is 0 Å². The van der Waals surface area contributed by atoms with Gasteiger partial charge in [-0.25, -0.2) is 4.39 Å². The number of amides is 1. The normalized spacial score (nSPS) is 15.3. The Hall–Kier alpha value is -2.86. The van der Waals surface area contributed by atoms with Crippen LogP contribution in [0, 0.1) is 12.7 Å². The maximum atomic E-state index is 13.6. The lowest BCUT2D eigenvalue weighted by atomic mass is 10.1. The third kappa shape index (κ3) is 3.53. The van der Waals surface area contributed by atoms with Crippen molar-refractivity contribution in [1.29, 1.82) is 0 Å². The molecule has 5 nitrogen and oxygen atoms in total. The van der Waals surface area contributed by atoms with Crippen LogP contribution in [-0.2, 0) is 0 Å². The van der Waals surface area contributed by atoms with Gasteiger partial charge in [-0.2, -0.15) is 0 Å². The second-order valence-electron chi connectivity index (χ2n) is 7.11. The maximum Gasteiger partial charge on any atom is 0.258 e. The van der Waals surface area contributed by atoms with Gasteiger partial charge in [0.1, 0.15) is 5.82 Å². The Morgan fingerprint density at radius 1 is 1.07 bits per heavy atom. The molecule has 0 bridgehead atoms. The molecule has 0 aliphatic carbocycles. The summed E-state index contributed by atoms with van der Waals surface area (Å²) in [6, 6.07) is 12.3. The summed E-state index contributed by atoms with van der Waals surface area (Å²) in [7, 11) is 2.13. The van der Waals surface area contributed by atoms with Crippen LogP contribution in [0.25, 0.3) is 10.9 Å². The summed E-state index contributed by atoms with van der Waals surface area (Å²) in [5, 5.41) is 3.52. The highest BCUT2D eigenvalue weighted by Crippen LogP contribution is 2.25. The Morgan fingerprint density at radius 3 is 2.48 bits per heavy atom. The van der Waals surface area contributed by atoms with Gasteiger partial charge in [0.2, 0.25) is 0 Å². The fraction of sp³-hybridized carbons (Fsp3) is 0.286. The predicted octanol–water partition coefficient (Wildman–Crippen LogP) is 3.62. The zero-order chi connectivity index (χ0) is 19.0. The number of halogens is 1. The number of H-pyrrole nitrogens is 1. The highest BCUT2D eigenvalue weighted by molar-refractivity contribution is 6.14. The molecule has 0 radical (unpaired) electrons. The molecule has 2 aromatic carbocycles. The van der Waals surface area contributed by atoms with Crippen molar-refractivity contribution in [1.82, 2.24) is 9.88 Å². The first-order chi connectivity index (χ1) is 13.0. The minimum Gasteiger partial charge on any atom is -0.369 e. The first-order valence-corrected chi connectivity index (χ1v) is 9.14. The lowest BCUT2D eigenvalue weighted by Crippen LogP contribution is -2.44. The van der Waals surface area contributed by atoms with Gasteiger partial charge in [-0.15, -0.1) is 0 Å². The average molecular weight is 366 g/mol. The number of piperazine rings is 1. The highest BCUT2D eigenvalue weighted by Gasteiger charge is 2.18. The minimum atomic E-state index is -0.355. The molecule has 1 saturated heterocycles. The lowest BCUT2D eigenvalue weighted by molar-refractivity contribution is 0.102. The number of anilines is 2. The van der Waals surface area contributed by atoms with E-state index in [1.165, 1.54) is 12.1 Å². The van der Waals surface area contributed by atoms with Crippen molar-refractivity contribution in [3.63, 3.8) is 0 Å². The average Bonchev–Trinajstić information content (AvgIpc) is 2.98. The fourth-order valence-electron chi connectivity index (χ4n) is 3.61. The number of hydrogen-bond acceptors (Lipinski definition) is 3. The van der Waals surface area contributed by atoms with E-state index in [0.717, 1.165) is 48.8 Å². The molecular formula is C21H23FN4O. The van der Waals surface area contributed by atoms with Crippen LogP contribution < -0.4 is 10.2 Å². The number of nitrogens with one attached hydrogen (secondary N) is 2. The minimum absolute atomic E-state index is 0.239. The van der Waals surface area contributed by atoms with Gasteiger partial charge in [0.15, 0.2) is 0 Å². The summed E-state index contributed by atoms with van der Waals surface area (Å²) in [4.78, 5) is 20.6. The van der Waals surface area contributed by atoms with Crippen molar-refractivity contribution in [3.05, 3.63) is 59.5 Å². The quantitative estimate of drug-likeness (QED) is 0.744. The van der Waals surface area contributed by atoms with Gasteiger partial charge in [-0.05, 0) is 56.4 Å². The molecule has 0 spiro atoms. The smallest absolute Gasteiger partial charge is 0.258 e. The van der Waals surface area contributed by atoms with E-state index in [1.54, 1.807) is 6.07 Å². The van der Waals surface area contributed by atoms with Crippen molar-refractivity contribution < 1.29 is 9.18 Å². The zero-order valence-corrected chi connectivity index (χ0v) is 15.6. The Kier molecular flexibility index (Phi) is 4.58. The van der Waals surface area contributed by atoms with Crippen LogP contribution in [-0.4, -0.2) is 49.0 Å². The summed E-state index contributed by atoms with van der Waals surface area (Å²) < 4.78 is 13.6. The van der Waals surface area contributed by atoms with Crippen LogP contribution in [0.15, 0.2) is 42.5 Å². The number of fused-ring (bicyclic) bond motifs is 1. The van der Waals surface area contributed by atoms with E-state index in [2.05, 4.69) is 27.1 Å². The number of likely N-dealkylation sites (N-methyl/N-ethyl adjacent to an activating group) is 1. The Balaban J connectivity index is 1.52. The van der Waals surface area contributed by atoms with Crippen LogP contribution in [0.4, 0.5) is 15.8 Å². The van der Waals surface area contributed by atoms with Crippen molar-refractivity contribution in [2.24, 2.45) is 0 Å². The van der Waals surface area contributed by atoms with Crippen molar-refractivity contribution in [2.45, 2.75) is 6.92 Å². The Labute approximate surface area is 157 Å². The first-order valence-electron chi connectivity index (χ1n) is 9.14. The standard InChI is InChI=1S/C21H23FN4O/c1-14-20(18-13-15(22)3-8-19(18)23-14)21(27)24-16-4-6-17(7-5-16)26-11-9-25(2)10-12-26/h3-8,13,23H,9-12H2,1-2H3,(H,24,27). The largest absolute Gasteiger partial charge is 0.369 e. The molecule has 0 saturated carbocycles. The number of carbonyl (C=O) groups excluding carboxylic acids is 1. The Morgan fingerprint density at radius 2 is 1.78 bits per heavy atom. The van der Waals surface area contributed by atoms with Gasteiger partial charge in [-0.3, -0.25) is 4.79 Å². The van der Waals surface area contributed by atoms with E-state index >= 15 is 0 Å². The van der Waals surface area contributed by atoms with E-state index in [-0.39, 0.29) is 11.7 Å². The van der Waals surface area contributed by atoms with E-state index < -0.39 is 0 Å². The number of benzene rings is 2. The van der Waals surface area contributed by atoms with Crippen LogP contribution >= 0.6 is 0 Å². The van der Waals surface area contributed by atoms with Gasteiger partial charge in [0.05, 0.1) is 5.56 Å². The van der Waals surface area contributed by atoms with Crippen molar-refractivity contribution >= 4 is 28.2 Å². The molecule has 3 aromatic rings. The molecule has 2 N–H and O–H groups in total. The third-order valence-electron chi connectivity index (χ3n) is 5.17. The number of hydrogen-bond donors (Lipinski definition) is 2. The van der Waals surface area contributed by atoms with Crippen molar-refractivity contribution in [2.75, 3.05) is 43.4 Å². The maximum absolute atomic E-state index is 13.6. The number of carbonyl (C=O) groups is 1. The number of aryl methyl sites for hydroxylation is 1. The number of aromatic nitrogens is 1. The van der Waals surface area contributed by atoms with E-state index in [0.29, 0.717) is 10.9 Å². The Bertz CT molecular complexity index is 972. The second-order valence-corrected chi connectivity index (χ2v) is 7.11. The van der Waals surface area contributed by atoms with Gasteiger partial charge in [0.25, 0.3) is 5.91 Å². The van der Waals surface area contributed by atoms with Gasteiger partial charge in [-0.1, -0.05) is 0 Å². The number of nitrogens with zero attached hydrogens (tertiary/aromatic N) is 2. The SMILES string of the molecule is Cc1[nH]c2ccc(F)cc2c1C(=O)Nc1ccc(N2CCN(C)CC2)cc1. The van der Waals surface area contributed by atoms with Gasteiger partial charge in [0, 0.05) is 54.2 Å². The summed E-state index contributed by atoms with van der Waals surface area (Å²) >= 11 is 0. The molecule has 0 atom stereocenters. The molecule has 4 rings (SSSR count). The van der Waals surface area contributed by atoms with Crippen LogP contribution in [0.3, 0.4) is 0 Å². The fourth-order valence-corrected chi connectivity index (χ4v) is 3.61. The van der Waals surface area contributed by atoms with E-state index in [1.807, 2.05) is 31.2 Å². The topological polar surface area (TPSA) is 51.4 Å². The van der Waals surface area contributed by atoms with Gasteiger partial charge >= 0.3 is 0 Å². The molecule has 1 fully saturated rings. The monoisotopic (exact) mass is 366 g/mol. The summed E-state index contributed by atoms with van der Waals surface area (Å²) in [6.07, 6.45) is 0. The van der Waals surface area contributed by atoms with Crippen LogP contribution in [0.1, 0.15) is 16.1 Å². The molecule has 1 amide bonds. The molecule has 1 aliphatic rings. The molecule has 1 aromatic heterocycles. The van der Waals surface area contributed by atoms with Crippen LogP contribution in [0.5, 0.6) is 0 Å². The summed E-state index contributed by atoms with van der Waals surface area (Å²) in [5.74, 6) is -0.594. The lowest BCUT2D eigenvalue weighted by Gasteiger charge is -2.34. The number of aromatic amines is 1. The molecule has 6 heteroatoms. The highest BCUT2D eigenvalue weighted by atomic mass is 19.1. The van der Waals surface area contributed by atoms with Crippen LogP contribution in [0.2, 0.25) is 0 Å². The summed E-state index contributed by atoms with van der Waals surface area (Å²) in [6.45, 7) is 5.93. The van der Waals surface area contributed by atoms with Gasteiger partial charge < -0.3 is 20.1 Å². The molecule has 27 heavy (non-hydrogen) atoms. The molecular weight excluding hydrogens is 343 g/mol. The molecule has 1 aliphatic heterocycles. The molecule has 0 unspecified atom stereocenters. The molecule has 140 valence electrons. The second kappa shape index (κ2) is 7.04. The number of rotatable bonds is 3. The first kappa shape index (κ1) is 17.5. The zero-order valence-electron chi connectivity index (χ0n) is 15.6. The predicted molar refractivity (Wildman–Crippen MR) is 107 cm³/mol. The van der Waals surface area contributed by atoms with E-state index in [4.69, 9.17) is 0 Å². The molecule has 2 heterocycles. The third-order valence-corrected chi connectivity index (χ3v) is 5.17.